The number of carboxylic acids is 1. The van der Waals surface area contributed by atoms with Gasteiger partial charge in [-0.3, -0.25) is 4.79 Å². The lowest BCUT2D eigenvalue weighted by Crippen LogP contribution is -2.44. The van der Waals surface area contributed by atoms with Crippen molar-refractivity contribution in [3.05, 3.63) is 18.2 Å². The maximum atomic E-state index is 12.1. The number of urea groups is 1. The highest BCUT2D eigenvalue weighted by Crippen LogP contribution is 2.03. The zero-order valence-corrected chi connectivity index (χ0v) is 12.6. The van der Waals surface area contributed by atoms with E-state index in [9.17, 15) is 9.59 Å². The van der Waals surface area contributed by atoms with Gasteiger partial charge in [-0.1, -0.05) is 0 Å². The maximum absolute atomic E-state index is 12.1. The van der Waals surface area contributed by atoms with Crippen molar-refractivity contribution in [3.8, 4) is 0 Å². The van der Waals surface area contributed by atoms with Crippen LogP contribution in [0.5, 0.6) is 0 Å². The van der Waals surface area contributed by atoms with Gasteiger partial charge in [0.25, 0.3) is 0 Å². The Morgan fingerprint density at radius 3 is 2.76 bits per heavy atom. The molecule has 0 aliphatic heterocycles. The number of carbonyl (C=O) groups is 2. The summed E-state index contributed by atoms with van der Waals surface area (Å²) in [4.78, 5) is 31.4. The summed E-state index contributed by atoms with van der Waals surface area (Å²) in [7, 11) is 0. The highest BCUT2D eigenvalue weighted by Gasteiger charge is 2.16. The van der Waals surface area contributed by atoms with Crippen LogP contribution in [0.1, 0.15) is 38.9 Å². The van der Waals surface area contributed by atoms with Crippen LogP contribution in [0.25, 0.3) is 0 Å². The van der Waals surface area contributed by atoms with Gasteiger partial charge in [0, 0.05) is 44.4 Å². The number of aryl methyl sites for hydroxylation is 1. The number of carbonyl (C=O) groups excluding carboxylic acids is 1. The molecule has 0 aromatic carbocycles. The molecule has 0 fully saturated rings. The third-order valence-electron chi connectivity index (χ3n) is 3.10. The van der Waals surface area contributed by atoms with Crippen molar-refractivity contribution in [1.82, 2.24) is 20.2 Å². The number of aromatic amines is 1. The molecule has 0 unspecified atom stereocenters. The van der Waals surface area contributed by atoms with E-state index in [2.05, 4.69) is 15.3 Å². The number of aliphatic carboxylic acids is 1. The first-order valence-electron chi connectivity index (χ1n) is 7.25. The van der Waals surface area contributed by atoms with Crippen molar-refractivity contribution < 1.29 is 14.7 Å². The molecule has 1 aromatic rings. The fourth-order valence-corrected chi connectivity index (χ4v) is 1.98. The molecule has 7 nitrogen and oxygen atoms in total. The number of H-pyrrole nitrogens is 1. The zero-order chi connectivity index (χ0) is 15.7. The Morgan fingerprint density at radius 2 is 2.19 bits per heavy atom. The number of carboxylic acid groups (broad SMARTS) is 1. The zero-order valence-electron chi connectivity index (χ0n) is 12.6. The van der Waals surface area contributed by atoms with Gasteiger partial charge in [0.15, 0.2) is 0 Å². The molecule has 0 saturated heterocycles. The number of rotatable bonds is 9. The minimum absolute atomic E-state index is 0.0452. The first-order chi connectivity index (χ1) is 10.0. The molecule has 0 bridgehead atoms. The molecule has 3 N–H and O–H groups in total. The number of hydrogen-bond acceptors (Lipinski definition) is 3. The molecule has 7 heteroatoms. The fraction of sp³-hybridized carbons (Fsp3) is 0.643. The highest BCUT2D eigenvalue weighted by molar-refractivity contribution is 5.74. The van der Waals surface area contributed by atoms with E-state index in [1.165, 1.54) is 0 Å². The second kappa shape index (κ2) is 8.99. The van der Waals surface area contributed by atoms with Crippen LogP contribution >= 0.6 is 0 Å². The molecule has 0 spiro atoms. The van der Waals surface area contributed by atoms with Crippen molar-refractivity contribution in [2.24, 2.45) is 0 Å². The second-order valence-corrected chi connectivity index (χ2v) is 5.16. The number of imidazole rings is 1. The summed E-state index contributed by atoms with van der Waals surface area (Å²) in [6, 6.07) is -0.0984. The molecule has 2 amide bonds. The molecule has 1 aromatic heterocycles. The van der Waals surface area contributed by atoms with E-state index in [1.54, 1.807) is 17.3 Å². The van der Waals surface area contributed by atoms with Gasteiger partial charge in [-0.2, -0.15) is 0 Å². The van der Waals surface area contributed by atoms with Gasteiger partial charge in [-0.25, -0.2) is 9.78 Å². The van der Waals surface area contributed by atoms with E-state index in [0.29, 0.717) is 19.5 Å². The van der Waals surface area contributed by atoms with Gasteiger partial charge >= 0.3 is 12.0 Å². The lowest BCUT2D eigenvalue weighted by molar-refractivity contribution is -0.137. The van der Waals surface area contributed by atoms with E-state index in [1.807, 2.05) is 13.8 Å². The van der Waals surface area contributed by atoms with Gasteiger partial charge in [0.2, 0.25) is 0 Å². The summed E-state index contributed by atoms with van der Waals surface area (Å²) in [6.07, 6.45) is 5.62. The Hall–Kier alpha value is -2.05. The van der Waals surface area contributed by atoms with Gasteiger partial charge in [0.05, 0.1) is 0 Å². The Morgan fingerprint density at radius 1 is 1.43 bits per heavy atom. The standard InChI is InChI=1S/C14H24N4O3/c1-11(2)18(10-4-6-13(19)20)14(21)17-7-3-5-12-15-8-9-16-12/h8-9,11H,3-7,10H2,1-2H3,(H,15,16)(H,17,21)(H,19,20). The lowest BCUT2D eigenvalue weighted by Gasteiger charge is -2.26. The van der Waals surface area contributed by atoms with Crippen LogP contribution in [0.2, 0.25) is 0 Å². The molecule has 118 valence electrons. The largest absolute Gasteiger partial charge is 0.481 e. The third-order valence-corrected chi connectivity index (χ3v) is 3.10. The molecule has 1 rings (SSSR count). The number of amides is 2. The Kier molecular flexibility index (Phi) is 7.28. The van der Waals surface area contributed by atoms with Crippen LogP contribution in [0.15, 0.2) is 12.4 Å². The number of hydrogen-bond donors (Lipinski definition) is 3. The average Bonchev–Trinajstić information content (AvgIpc) is 2.92. The predicted octanol–water partition coefficient (Wildman–Crippen LogP) is 1.63. The average molecular weight is 296 g/mol. The van der Waals surface area contributed by atoms with E-state index in [0.717, 1.165) is 18.7 Å². The van der Waals surface area contributed by atoms with Gasteiger partial charge in [0.1, 0.15) is 5.82 Å². The molecular formula is C14H24N4O3. The summed E-state index contributed by atoms with van der Waals surface area (Å²) in [5.74, 6) is 0.0731. The van der Waals surface area contributed by atoms with Crippen LogP contribution in [0.4, 0.5) is 4.79 Å². The smallest absolute Gasteiger partial charge is 0.317 e. The summed E-state index contributed by atoms with van der Waals surface area (Å²) < 4.78 is 0. The monoisotopic (exact) mass is 296 g/mol. The minimum atomic E-state index is -0.836. The predicted molar refractivity (Wildman–Crippen MR) is 79.0 cm³/mol. The topological polar surface area (TPSA) is 98.3 Å². The molecule has 0 saturated carbocycles. The minimum Gasteiger partial charge on any atom is -0.481 e. The van der Waals surface area contributed by atoms with Gasteiger partial charge in [-0.05, 0) is 26.7 Å². The quantitative estimate of drug-likeness (QED) is 0.603. The molecule has 0 aliphatic carbocycles. The fourth-order valence-electron chi connectivity index (χ4n) is 1.98. The molecule has 0 radical (unpaired) electrons. The second-order valence-electron chi connectivity index (χ2n) is 5.16. The number of nitrogens with one attached hydrogen (secondary N) is 2. The summed E-state index contributed by atoms with van der Waals surface area (Å²) in [5, 5.41) is 11.5. The summed E-state index contributed by atoms with van der Waals surface area (Å²) in [6.45, 7) is 4.86. The van der Waals surface area contributed by atoms with Crippen molar-refractivity contribution in [2.75, 3.05) is 13.1 Å². The summed E-state index contributed by atoms with van der Waals surface area (Å²) >= 11 is 0. The van der Waals surface area contributed by atoms with Gasteiger partial charge in [-0.15, -0.1) is 0 Å². The van der Waals surface area contributed by atoms with E-state index < -0.39 is 5.97 Å². The van der Waals surface area contributed by atoms with Crippen molar-refractivity contribution >= 4 is 12.0 Å². The van der Waals surface area contributed by atoms with Crippen LogP contribution < -0.4 is 5.32 Å². The number of aromatic nitrogens is 2. The summed E-state index contributed by atoms with van der Waals surface area (Å²) in [5.41, 5.74) is 0. The Balaban J connectivity index is 2.26. The Labute approximate surface area is 124 Å². The Bertz CT molecular complexity index is 431. The molecule has 0 aliphatic rings. The molecule has 1 heterocycles. The maximum Gasteiger partial charge on any atom is 0.317 e. The van der Waals surface area contributed by atoms with E-state index in [4.69, 9.17) is 5.11 Å². The normalized spacial score (nSPS) is 10.6. The van der Waals surface area contributed by atoms with E-state index >= 15 is 0 Å². The molecular weight excluding hydrogens is 272 g/mol. The van der Waals surface area contributed by atoms with Crippen LogP contribution in [0.3, 0.4) is 0 Å². The third kappa shape index (κ3) is 6.78. The van der Waals surface area contributed by atoms with Crippen molar-refractivity contribution in [1.29, 1.82) is 0 Å². The number of nitrogens with zero attached hydrogens (tertiary/aromatic N) is 2. The SMILES string of the molecule is CC(C)N(CCCC(=O)O)C(=O)NCCCc1ncc[nH]1. The molecule has 0 atom stereocenters. The first-order valence-corrected chi connectivity index (χ1v) is 7.25. The van der Waals surface area contributed by atoms with Crippen molar-refractivity contribution in [2.45, 2.75) is 45.6 Å². The highest BCUT2D eigenvalue weighted by atomic mass is 16.4. The van der Waals surface area contributed by atoms with Crippen LogP contribution in [0, 0.1) is 0 Å². The van der Waals surface area contributed by atoms with Gasteiger partial charge < -0.3 is 20.3 Å². The molecule has 21 heavy (non-hydrogen) atoms. The van der Waals surface area contributed by atoms with E-state index in [-0.39, 0.29) is 18.5 Å². The van der Waals surface area contributed by atoms with Crippen LogP contribution in [-0.2, 0) is 11.2 Å². The van der Waals surface area contributed by atoms with Crippen molar-refractivity contribution in [3.63, 3.8) is 0 Å². The van der Waals surface area contributed by atoms with Crippen LogP contribution in [-0.4, -0.2) is 51.1 Å². The lowest BCUT2D eigenvalue weighted by atomic mass is 10.2. The first kappa shape index (κ1) is 17.0.